The summed E-state index contributed by atoms with van der Waals surface area (Å²) in [4.78, 5) is 4.45. The molecule has 1 aromatic heterocycles. The van der Waals surface area contributed by atoms with E-state index in [1.807, 2.05) is 72.3 Å². The molecule has 0 radical (unpaired) electrons. The first kappa shape index (κ1) is 19.0. The minimum Gasteiger partial charge on any atom is -0.370 e. The van der Waals surface area contributed by atoms with Crippen LogP contribution in [0.15, 0.2) is 65.7 Å². The molecule has 3 aromatic rings. The van der Waals surface area contributed by atoms with Crippen molar-refractivity contribution in [2.75, 3.05) is 5.32 Å². The van der Waals surface area contributed by atoms with Gasteiger partial charge >= 0.3 is 0 Å². The number of para-hydroxylation sites is 2. The molecule has 3 N–H and O–H groups in total. The largest absolute Gasteiger partial charge is 0.370 e. The van der Waals surface area contributed by atoms with Crippen LogP contribution in [0.4, 0.5) is 5.69 Å². The van der Waals surface area contributed by atoms with Gasteiger partial charge in [0.2, 0.25) is 0 Å². The smallest absolute Gasteiger partial charge is 0.193 e. The highest BCUT2D eigenvalue weighted by Gasteiger charge is 2.12. The standard InChI is InChI=1S/C19H21N5.HI/c1-14-18(13-21-19(20)22-16-9-5-3-6-10-16)15(2)24(23-14)17-11-7-4-8-12-17;/h3-12H,13H2,1-2H3,(H3,20,21,22);1H. The summed E-state index contributed by atoms with van der Waals surface area (Å²) >= 11 is 0. The van der Waals surface area contributed by atoms with Gasteiger partial charge in [-0.2, -0.15) is 5.10 Å². The van der Waals surface area contributed by atoms with Gasteiger partial charge in [0, 0.05) is 16.9 Å². The molecule has 0 aliphatic carbocycles. The maximum Gasteiger partial charge on any atom is 0.193 e. The second-order valence-corrected chi connectivity index (χ2v) is 5.59. The predicted octanol–water partition coefficient (Wildman–Crippen LogP) is 4.03. The fraction of sp³-hybridized carbons (Fsp3) is 0.158. The summed E-state index contributed by atoms with van der Waals surface area (Å²) in [5.74, 6) is 0.396. The number of aromatic nitrogens is 2. The number of anilines is 1. The Bertz CT molecular complexity index is 841. The molecule has 3 rings (SSSR count). The Kier molecular flexibility index (Phi) is 6.58. The summed E-state index contributed by atoms with van der Waals surface area (Å²) < 4.78 is 1.95. The van der Waals surface area contributed by atoms with Crippen molar-refractivity contribution in [3.8, 4) is 5.69 Å². The SMILES string of the molecule is Cc1nn(-c2ccccc2)c(C)c1CN=C(N)Nc1ccccc1.I. The van der Waals surface area contributed by atoms with Crippen LogP contribution in [0.5, 0.6) is 0 Å². The molecular formula is C19H22IN5. The second kappa shape index (κ2) is 8.66. The first-order valence-corrected chi connectivity index (χ1v) is 7.87. The molecule has 0 bridgehead atoms. The van der Waals surface area contributed by atoms with Gasteiger partial charge in [0.05, 0.1) is 17.9 Å². The average molecular weight is 447 g/mol. The quantitative estimate of drug-likeness (QED) is 0.361. The minimum atomic E-state index is 0. The highest BCUT2D eigenvalue weighted by atomic mass is 127. The van der Waals surface area contributed by atoms with Gasteiger partial charge in [0.15, 0.2) is 5.96 Å². The first-order valence-electron chi connectivity index (χ1n) is 7.87. The molecule has 0 aliphatic rings. The number of benzene rings is 2. The molecule has 0 saturated heterocycles. The van der Waals surface area contributed by atoms with Crippen molar-refractivity contribution in [3.63, 3.8) is 0 Å². The fourth-order valence-corrected chi connectivity index (χ4v) is 2.60. The molecule has 0 aliphatic heterocycles. The molecule has 0 fully saturated rings. The third kappa shape index (κ3) is 4.60. The van der Waals surface area contributed by atoms with Crippen LogP contribution < -0.4 is 11.1 Å². The van der Waals surface area contributed by atoms with Gasteiger partial charge in [-0.15, -0.1) is 24.0 Å². The normalized spacial score (nSPS) is 11.0. The van der Waals surface area contributed by atoms with Crippen molar-refractivity contribution in [2.24, 2.45) is 10.7 Å². The van der Waals surface area contributed by atoms with Gasteiger partial charge < -0.3 is 11.1 Å². The molecule has 0 saturated carbocycles. The van der Waals surface area contributed by atoms with E-state index in [0.717, 1.165) is 28.3 Å². The molecular weight excluding hydrogens is 425 g/mol. The Morgan fingerprint density at radius 2 is 1.64 bits per heavy atom. The van der Waals surface area contributed by atoms with Crippen molar-refractivity contribution in [1.82, 2.24) is 9.78 Å². The number of nitrogens with two attached hydrogens (primary N) is 1. The Hall–Kier alpha value is -2.35. The van der Waals surface area contributed by atoms with Crippen molar-refractivity contribution < 1.29 is 0 Å². The summed E-state index contributed by atoms with van der Waals surface area (Å²) in [5.41, 5.74) is 11.1. The van der Waals surface area contributed by atoms with E-state index < -0.39 is 0 Å². The molecule has 0 amide bonds. The topological polar surface area (TPSA) is 68.2 Å². The van der Waals surface area contributed by atoms with E-state index in [-0.39, 0.29) is 24.0 Å². The van der Waals surface area contributed by atoms with Crippen molar-refractivity contribution in [2.45, 2.75) is 20.4 Å². The summed E-state index contributed by atoms with van der Waals surface area (Å²) in [6, 6.07) is 19.9. The molecule has 6 heteroatoms. The zero-order valence-corrected chi connectivity index (χ0v) is 16.6. The molecule has 0 atom stereocenters. The number of aryl methyl sites for hydroxylation is 1. The Labute approximate surface area is 165 Å². The van der Waals surface area contributed by atoms with Crippen LogP contribution in [0, 0.1) is 13.8 Å². The number of hydrogen-bond donors (Lipinski definition) is 2. The zero-order chi connectivity index (χ0) is 16.9. The number of hydrogen-bond acceptors (Lipinski definition) is 2. The van der Waals surface area contributed by atoms with Crippen molar-refractivity contribution >= 4 is 35.6 Å². The van der Waals surface area contributed by atoms with Crippen LogP contribution in [-0.2, 0) is 6.54 Å². The van der Waals surface area contributed by atoms with Crippen LogP contribution in [-0.4, -0.2) is 15.7 Å². The number of aliphatic imine (C=N–C) groups is 1. The average Bonchev–Trinajstić information content (AvgIpc) is 2.89. The highest BCUT2D eigenvalue weighted by molar-refractivity contribution is 14.0. The maximum atomic E-state index is 5.98. The molecule has 2 aromatic carbocycles. The van der Waals surface area contributed by atoms with E-state index in [1.165, 1.54) is 0 Å². The molecule has 1 heterocycles. The van der Waals surface area contributed by atoms with Crippen LogP contribution in [0.3, 0.4) is 0 Å². The lowest BCUT2D eigenvalue weighted by Crippen LogP contribution is -2.22. The number of guanidine groups is 1. The van der Waals surface area contributed by atoms with Gasteiger partial charge in [-0.25, -0.2) is 9.67 Å². The molecule has 0 spiro atoms. The number of halogens is 1. The Morgan fingerprint density at radius 3 is 2.28 bits per heavy atom. The second-order valence-electron chi connectivity index (χ2n) is 5.59. The van der Waals surface area contributed by atoms with E-state index in [0.29, 0.717) is 12.5 Å². The first-order chi connectivity index (χ1) is 11.6. The lowest BCUT2D eigenvalue weighted by Gasteiger charge is -2.06. The van der Waals surface area contributed by atoms with Gasteiger partial charge in [-0.05, 0) is 38.1 Å². The monoisotopic (exact) mass is 447 g/mol. The minimum absolute atomic E-state index is 0. The lowest BCUT2D eigenvalue weighted by molar-refractivity contribution is 0.832. The van der Waals surface area contributed by atoms with E-state index in [9.17, 15) is 0 Å². The Morgan fingerprint density at radius 1 is 1.04 bits per heavy atom. The molecule has 25 heavy (non-hydrogen) atoms. The number of nitrogens with zero attached hydrogens (tertiary/aromatic N) is 3. The third-order valence-electron chi connectivity index (χ3n) is 3.90. The van der Waals surface area contributed by atoms with Crippen LogP contribution >= 0.6 is 24.0 Å². The predicted molar refractivity (Wildman–Crippen MR) is 114 cm³/mol. The number of rotatable bonds is 4. The lowest BCUT2D eigenvalue weighted by atomic mass is 10.2. The van der Waals surface area contributed by atoms with E-state index in [1.54, 1.807) is 0 Å². The van der Waals surface area contributed by atoms with Gasteiger partial charge in [-0.3, -0.25) is 0 Å². The zero-order valence-electron chi connectivity index (χ0n) is 14.3. The van der Waals surface area contributed by atoms with Crippen LogP contribution in [0.1, 0.15) is 17.0 Å². The van der Waals surface area contributed by atoms with Crippen LogP contribution in [0.2, 0.25) is 0 Å². The summed E-state index contributed by atoms with van der Waals surface area (Å²) in [5, 5.41) is 7.72. The molecule has 130 valence electrons. The third-order valence-corrected chi connectivity index (χ3v) is 3.90. The van der Waals surface area contributed by atoms with Gasteiger partial charge in [0.1, 0.15) is 0 Å². The van der Waals surface area contributed by atoms with E-state index in [2.05, 4.69) is 22.3 Å². The fourth-order valence-electron chi connectivity index (χ4n) is 2.60. The highest BCUT2D eigenvalue weighted by Crippen LogP contribution is 2.18. The van der Waals surface area contributed by atoms with Crippen molar-refractivity contribution in [1.29, 1.82) is 0 Å². The van der Waals surface area contributed by atoms with E-state index in [4.69, 9.17) is 5.73 Å². The van der Waals surface area contributed by atoms with E-state index >= 15 is 0 Å². The van der Waals surface area contributed by atoms with Gasteiger partial charge in [0.25, 0.3) is 0 Å². The van der Waals surface area contributed by atoms with Gasteiger partial charge in [-0.1, -0.05) is 36.4 Å². The summed E-state index contributed by atoms with van der Waals surface area (Å²) in [6.07, 6.45) is 0. The molecule has 0 unspecified atom stereocenters. The van der Waals surface area contributed by atoms with Crippen molar-refractivity contribution in [3.05, 3.63) is 77.6 Å². The van der Waals surface area contributed by atoms with Crippen LogP contribution in [0.25, 0.3) is 5.69 Å². The Balaban J connectivity index is 0.00000225. The number of nitrogens with one attached hydrogen (secondary N) is 1. The maximum absolute atomic E-state index is 5.98. The summed E-state index contributed by atoms with van der Waals surface area (Å²) in [6.45, 7) is 4.55. The molecule has 5 nitrogen and oxygen atoms in total. The summed E-state index contributed by atoms with van der Waals surface area (Å²) in [7, 11) is 0.